The third kappa shape index (κ3) is 2.20. The summed E-state index contributed by atoms with van der Waals surface area (Å²) in [6, 6.07) is 0. The van der Waals surface area contributed by atoms with Crippen LogP contribution in [-0.2, 0) is 10.0 Å². The van der Waals surface area contributed by atoms with Gasteiger partial charge in [-0.1, -0.05) is 29.3 Å². The Morgan fingerprint density at radius 1 is 1.58 bits per heavy atom. The van der Waals surface area contributed by atoms with Gasteiger partial charge in [0.2, 0.25) is 10.0 Å². The highest BCUT2D eigenvalue weighted by atomic mass is 79.9. The molecule has 0 radical (unpaired) electrons. The largest absolute Gasteiger partial charge is 0.224 e. The molecule has 1 fully saturated rings. The maximum atomic E-state index is 11.3. The van der Waals surface area contributed by atoms with E-state index in [4.69, 9.17) is 0 Å². The number of rotatable bonds is 3. The van der Waals surface area contributed by atoms with Crippen molar-refractivity contribution < 1.29 is 8.42 Å². The maximum Gasteiger partial charge on any atom is 0.224 e. The molecule has 0 aromatic carbocycles. The Balaban J connectivity index is 2.58. The minimum absolute atomic E-state index is 0.0520. The fourth-order valence-corrected chi connectivity index (χ4v) is 3.28. The molecule has 1 aliphatic rings. The number of hydrogen-bond donors (Lipinski definition) is 0. The van der Waals surface area contributed by atoms with Gasteiger partial charge in [-0.05, 0) is 12.3 Å². The molecule has 0 N–H and O–H groups in total. The van der Waals surface area contributed by atoms with Crippen LogP contribution in [0.5, 0.6) is 0 Å². The third-order valence-corrected chi connectivity index (χ3v) is 5.49. The van der Waals surface area contributed by atoms with Gasteiger partial charge in [-0.2, -0.15) is 0 Å². The van der Waals surface area contributed by atoms with Crippen LogP contribution in [0.4, 0.5) is 0 Å². The summed E-state index contributed by atoms with van der Waals surface area (Å²) in [4.78, 5) is 0. The third-order valence-electron chi connectivity index (χ3n) is 2.36. The summed E-state index contributed by atoms with van der Waals surface area (Å²) in [6.45, 7) is 3.52. The molecule has 72 valence electrons. The summed E-state index contributed by atoms with van der Waals surface area (Å²) in [5.41, 5.74) is 0. The lowest BCUT2D eigenvalue weighted by atomic mass is 10.1. The molecule has 1 saturated heterocycles. The minimum atomic E-state index is -2.99. The number of sulfonamides is 1. The van der Waals surface area contributed by atoms with Crippen molar-refractivity contribution in [3.05, 3.63) is 0 Å². The van der Waals surface area contributed by atoms with E-state index < -0.39 is 10.0 Å². The summed E-state index contributed by atoms with van der Waals surface area (Å²) in [6.07, 6.45) is 2.09. The van der Waals surface area contributed by atoms with E-state index in [1.807, 2.05) is 0 Å². The van der Waals surface area contributed by atoms with Gasteiger partial charge in [0.25, 0.3) is 0 Å². The number of hydrogen-bond acceptors (Lipinski definition) is 2. The van der Waals surface area contributed by atoms with Crippen LogP contribution >= 0.6 is 15.9 Å². The van der Waals surface area contributed by atoms with Crippen molar-refractivity contribution in [2.45, 2.75) is 19.8 Å². The molecule has 12 heavy (non-hydrogen) atoms. The summed E-state index contributed by atoms with van der Waals surface area (Å²) in [7, 11) is -2.99. The van der Waals surface area contributed by atoms with Crippen molar-refractivity contribution in [2.24, 2.45) is 5.92 Å². The van der Waals surface area contributed by atoms with E-state index in [1.54, 1.807) is 4.31 Å². The SMILES string of the molecule is CCC1CCN(S(=O)(=O)CBr)C1. The van der Waals surface area contributed by atoms with E-state index in [0.717, 1.165) is 12.8 Å². The summed E-state index contributed by atoms with van der Waals surface area (Å²) in [5.74, 6) is 0.568. The summed E-state index contributed by atoms with van der Waals surface area (Å²) >= 11 is 2.99. The minimum Gasteiger partial charge on any atom is -0.211 e. The van der Waals surface area contributed by atoms with Crippen molar-refractivity contribution in [3.8, 4) is 0 Å². The topological polar surface area (TPSA) is 37.4 Å². The average Bonchev–Trinajstić information content (AvgIpc) is 2.52. The fraction of sp³-hybridized carbons (Fsp3) is 1.00. The Morgan fingerprint density at radius 2 is 2.25 bits per heavy atom. The van der Waals surface area contributed by atoms with Crippen LogP contribution in [0.25, 0.3) is 0 Å². The van der Waals surface area contributed by atoms with Crippen molar-refractivity contribution in [2.75, 3.05) is 17.8 Å². The second-order valence-electron chi connectivity index (χ2n) is 3.14. The predicted octanol–water partition coefficient (Wildman–Crippen LogP) is 1.40. The molecule has 5 heteroatoms. The first-order valence-electron chi connectivity index (χ1n) is 4.14. The standard InChI is InChI=1S/C7H14BrNO2S/c1-2-7-3-4-9(5-7)12(10,11)6-8/h7H,2-6H2,1H3. The monoisotopic (exact) mass is 255 g/mol. The number of halogens is 1. The lowest BCUT2D eigenvalue weighted by Crippen LogP contribution is -2.29. The van der Waals surface area contributed by atoms with Gasteiger partial charge in [0.1, 0.15) is 4.66 Å². The van der Waals surface area contributed by atoms with Crippen LogP contribution < -0.4 is 0 Å². The fourth-order valence-electron chi connectivity index (χ4n) is 1.45. The second kappa shape index (κ2) is 4.07. The molecule has 1 atom stereocenters. The predicted molar refractivity (Wildman–Crippen MR) is 52.7 cm³/mol. The Hall–Kier alpha value is 0.390. The van der Waals surface area contributed by atoms with Crippen molar-refractivity contribution >= 4 is 26.0 Å². The molecule has 3 nitrogen and oxygen atoms in total. The first-order valence-corrected chi connectivity index (χ1v) is 6.87. The van der Waals surface area contributed by atoms with Gasteiger partial charge in [-0.25, -0.2) is 12.7 Å². The van der Waals surface area contributed by atoms with Gasteiger partial charge in [0, 0.05) is 13.1 Å². The molecule has 0 bridgehead atoms. The molecule has 1 aliphatic heterocycles. The van der Waals surface area contributed by atoms with Gasteiger partial charge in [-0.15, -0.1) is 0 Å². The van der Waals surface area contributed by atoms with Crippen LogP contribution in [0, 0.1) is 5.92 Å². The van der Waals surface area contributed by atoms with Crippen LogP contribution in [0.2, 0.25) is 0 Å². The second-order valence-corrected chi connectivity index (χ2v) is 6.41. The normalized spacial score (nSPS) is 26.3. The lowest BCUT2D eigenvalue weighted by Gasteiger charge is -2.13. The Kier molecular flexibility index (Phi) is 3.55. The van der Waals surface area contributed by atoms with Gasteiger partial charge in [0.15, 0.2) is 0 Å². The first-order chi connectivity index (χ1) is 5.60. The number of alkyl halides is 1. The molecule has 0 saturated carbocycles. The quantitative estimate of drug-likeness (QED) is 0.716. The van der Waals surface area contributed by atoms with Gasteiger partial charge >= 0.3 is 0 Å². The molecule has 0 aromatic heterocycles. The zero-order valence-electron chi connectivity index (χ0n) is 7.16. The summed E-state index contributed by atoms with van der Waals surface area (Å²) in [5, 5.41) is 0. The zero-order chi connectivity index (χ0) is 9.19. The van der Waals surface area contributed by atoms with Crippen molar-refractivity contribution in [1.29, 1.82) is 0 Å². The Labute approximate surface area is 82.3 Å². The molecule has 0 aliphatic carbocycles. The first kappa shape index (κ1) is 10.5. The molecular weight excluding hydrogens is 242 g/mol. The molecule has 1 heterocycles. The Bertz CT molecular complexity index is 240. The summed E-state index contributed by atoms with van der Waals surface area (Å²) < 4.78 is 24.3. The molecule has 0 spiro atoms. The maximum absolute atomic E-state index is 11.3. The molecule has 1 unspecified atom stereocenters. The van der Waals surface area contributed by atoms with Crippen LogP contribution in [0.15, 0.2) is 0 Å². The molecule has 1 rings (SSSR count). The highest BCUT2D eigenvalue weighted by molar-refractivity contribution is 9.10. The van der Waals surface area contributed by atoms with Crippen LogP contribution in [0.1, 0.15) is 19.8 Å². The van der Waals surface area contributed by atoms with Gasteiger partial charge in [-0.3, -0.25) is 0 Å². The van der Waals surface area contributed by atoms with E-state index >= 15 is 0 Å². The van der Waals surface area contributed by atoms with Gasteiger partial charge < -0.3 is 0 Å². The van der Waals surface area contributed by atoms with Gasteiger partial charge in [0.05, 0.1) is 0 Å². The van der Waals surface area contributed by atoms with Crippen molar-refractivity contribution in [3.63, 3.8) is 0 Å². The Morgan fingerprint density at radius 3 is 2.67 bits per heavy atom. The highest BCUT2D eigenvalue weighted by Gasteiger charge is 2.29. The van der Waals surface area contributed by atoms with E-state index in [0.29, 0.717) is 19.0 Å². The average molecular weight is 256 g/mol. The van der Waals surface area contributed by atoms with Crippen molar-refractivity contribution in [1.82, 2.24) is 4.31 Å². The molecular formula is C7H14BrNO2S. The van der Waals surface area contributed by atoms with E-state index in [1.165, 1.54) is 0 Å². The molecule has 0 amide bonds. The highest BCUT2D eigenvalue weighted by Crippen LogP contribution is 2.22. The van der Waals surface area contributed by atoms with E-state index in [-0.39, 0.29) is 4.66 Å². The lowest BCUT2D eigenvalue weighted by molar-refractivity contribution is 0.456. The smallest absolute Gasteiger partial charge is 0.211 e. The van der Waals surface area contributed by atoms with E-state index in [2.05, 4.69) is 22.9 Å². The van der Waals surface area contributed by atoms with Crippen LogP contribution in [-0.4, -0.2) is 30.5 Å². The number of nitrogens with zero attached hydrogens (tertiary/aromatic N) is 1. The van der Waals surface area contributed by atoms with Crippen LogP contribution in [0.3, 0.4) is 0 Å². The molecule has 0 aromatic rings. The zero-order valence-corrected chi connectivity index (χ0v) is 9.57. The van der Waals surface area contributed by atoms with E-state index in [9.17, 15) is 8.42 Å².